The van der Waals surface area contributed by atoms with Crippen molar-refractivity contribution in [2.24, 2.45) is 0 Å². The van der Waals surface area contributed by atoms with Crippen molar-refractivity contribution in [1.82, 2.24) is 10.2 Å². The fourth-order valence-corrected chi connectivity index (χ4v) is 2.71. The SMILES string of the molecule is CN(C)CCNC1(C(=O)O)Cc2ccc(Cl)cc2C1. The van der Waals surface area contributed by atoms with Gasteiger partial charge in [0.1, 0.15) is 5.54 Å². The number of nitrogens with zero attached hydrogens (tertiary/aromatic N) is 1. The summed E-state index contributed by atoms with van der Waals surface area (Å²) >= 11 is 5.97. The minimum Gasteiger partial charge on any atom is -0.480 e. The number of halogens is 1. The van der Waals surface area contributed by atoms with E-state index in [1.54, 1.807) is 0 Å². The van der Waals surface area contributed by atoms with Crippen LogP contribution in [0.1, 0.15) is 11.1 Å². The van der Waals surface area contributed by atoms with E-state index < -0.39 is 11.5 Å². The first-order chi connectivity index (χ1) is 8.93. The molecule has 0 fully saturated rings. The summed E-state index contributed by atoms with van der Waals surface area (Å²) in [7, 11) is 3.94. The number of rotatable bonds is 5. The van der Waals surface area contributed by atoms with E-state index in [0.29, 0.717) is 24.4 Å². The number of nitrogens with one attached hydrogen (secondary N) is 1. The highest BCUT2D eigenvalue weighted by atomic mass is 35.5. The maximum atomic E-state index is 11.6. The number of fused-ring (bicyclic) bond motifs is 1. The number of carboxylic acid groups (broad SMARTS) is 1. The molecule has 2 rings (SSSR count). The molecule has 0 spiro atoms. The van der Waals surface area contributed by atoms with Crippen LogP contribution in [-0.2, 0) is 17.6 Å². The lowest BCUT2D eigenvalue weighted by atomic mass is 9.96. The molecule has 1 aliphatic rings. The van der Waals surface area contributed by atoms with E-state index in [4.69, 9.17) is 11.6 Å². The molecule has 0 saturated heterocycles. The third kappa shape index (κ3) is 3.08. The van der Waals surface area contributed by atoms with Gasteiger partial charge in [-0.2, -0.15) is 0 Å². The summed E-state index contributed by atoms with van der Waals surface area (Å²) in [6.45, 7) is 1.47. The number of hydrogen-bond acceptors (Lipinski definition) is 3. The standard InChI is InChI=1S/C14H19ClN2O2/c1-17(2)6-5-16-14(13(18)19)8-10-3-4-12(15)7-11(10)9-14/h3-4,7,16H,5-6,8-9H2,1-2H3,(H,18,19). The van der Waals surface area contributed by atoms with Crippen molar-refractivity contribution in [2.45, 2.75) is 18.4 Å². The Bertz CT molecular complexity index is 490. The molecular formula is C14H19ClN2O2. The van der Waals surface area contributed by atoms with E-state index in [2.05, 4.69) is 5.32 Å². The van der Waals surface area contributed by atoms with Gasteiger partial charge < -0.3 is 15.3 Å². The first-order valence-corrected chi connectivity index (χ1v) is 6.71. The van der Waals surface area contributed by atoms with E-state index in [0.717, 1.165) is 17.7 Å². The van der Waals surface area contributed by atoms with Crippen molar-refractivity contribution in [3.05, 3.63) is 34.3 Å². The van der Waals surface area contributed by atoms with Crippen molar-refractivity contribution in [3.8, 4) is 0 Å². The largest absolute Gasteiger partial charge is 0.480 e. The van der Waals surface area contributed by atoms with Gasteiger partial charge in [-0.3, -0.25) is 4.79 Å². The predicted molar refractivity (Wildman–Crippen MR) is 75.8 cm³/mol. The Kier molecular flexibility index (Phi) is 4.13. The van der Waals surface area contributed by atoms with Gasteiger partial charge in [-0.15, -0.1) is 0 Å². The molecule has 0 aromatic heterocycles. The third-order valence-electron chi connectivity index (χ3n) is 3.58. The molecule has 0 heterocycles. The van der Waals surface area contributed by atoms with Gasteiger partial charge in [-0.1, -0.05) is 17.7 Å². The quantitative estimate of drug-likeness (QED) is 0.857. The Hall–Kier alpha value is -1.10. The zero-order valence-electron chi connectivity index (χ0n) is 11.2. The molecule has 0 radical (unpaired) electrons. The lowest BCUT2D eigenvalue weighted by Crippen LogP contribution is -2.54. The summed E-state index contributed by atoms with van der Waals surface area (Å²) < 4.78 is 0. The van der Waals surface area contributed by atoms with E-state index in [1.807, 2.05) is 37.2 Å². The predicted octanol–water partition coefficient (Wildman–Crippen LogP) is 1.41. The van der Waals surface area contributed by atoms with Crippen molar-refractivity contribution < 1.29 is 9.90 Å². The zero-order valence-corrected chi connectivity index (χ0v) is 12.0. The van der Waals surface area contributed by atoms with Crippen LogP contribution >= 0.6 is 11.6 Å². The van der Waals surface area contributed by atoms with E-state index in [-0.39, 0.29) is 0 Å². The van der Waals surface area contributed by atoms with Gasteiger partial charge in [0.2, 0.25) is 0 Å². The minimum absolute atomic E-state index is 0.492. The molecule has 1 aliphatic carbocycles. The van der Waals surface area contributed by atoms with Crippen molar-refractivity contribution in [2.75, 3.05) is 27.2 Å². The Morgan fingerprint density at radius 3 is 2.74 bits per heavy atom. The van der Waals surface area contributed by atoms with Crippen LogP contribution in [0, 0.1) is 0 Å². The lowest BCUT2D eigenvalue weighted by Gasteiger charge is -2.26. The molecule has 0 bridgehead atoms. The molecule has 0 aliphatic heterocycles. The molecule has 19 heavy (non-hydrogen) atoms. The van der Waals surface area contributed by atoms with Crippen molar-refractivity contribution >= 4 is 17.6 Å². The molecule has 1 unspecified atom stereocenters. The van der Waals surface area contributed by atoms with Crippen LogP contribution < -0.4 is 5.32 Å². The summed E-state index contributed by atoms with van der Waals surface area (Å²) in [6.07, 6.45) is 1.01. The lowest BCUT2D eigenvalue weighted by molar-refractivity contribution is -0.144. The minimum atomic E-state index is -0.886. The van der Waals surface area contributed by atoms with Crippen molar-refractivity contribution in [1.29, 1.82) is 0 Å². The number of likely N-dealkylation sites (N-methyl/N-ethyl adjacent to an activating group) is 1. The molecule has 5 heteroatoms. The van der Waals surface area contributed by atoms with Gasteiger partial charge in [0.05, 0.1) is 0 Å². The number of aliphatic carboxylic acids is 1. The molecular weight excluding hydrogens is 264 g/mol. The van der Waals surface area contributed by atoms with E-state index in [9.17, 15) is 9.90 Å². The maximum absolute atomic E-state index is 11.6. The Balaban J connectivity index is 2.14. The van der Waals surface area contributed by atoms with Gasteiger partial charge in [0.15, 0.2) is 0 Å². The summed E-state index contributed by atoms with van der Waals surface area (Å²) in [4.78, 5) is 13.7. The average Bonchev–Trinajstić information content (AvgIpc) is 2.67. The summed E-state index contributed by atoms with van der Waals surface area (Å²) in [6, 6.07) is 5.61. The van der Waals surface area contributed by atoms with E-state index >= 15 is 0 Å². The summed E-state index contributed by atoms with van der Waals surface area (Å²) in [5.41, 5.74) is 1.22. The molecule has 1 aromatic carbocycles. The van der Waals surface area contributed by atoms with Gasteiger partial charge >= 0.3 is 5.97 Å². The highest BCUT2D eigenvalue weighted by Crippen LogP contribution is 2.32. The first-order valence-electron chi connectivity index (χ1n) is 6.33. The second kappa shape index (κ2) is 5.49. The first kappa shape index (κ1) is 14.3. The van der Waals surface area contributed by atoms with Crippen LogP contribution in [0.3, 0.4) is 0 Å². The Labute approximate surface area is 118 Å². The third-order valence-corrected chi connectivity index (χ3v) is 3.82. The van der Waals surface area contributed by atoms with Crippen LogP contribution in [0.5, 0.6) is 0 Å². The van der Waals surface area contributed by atoms with Crippen molar-refractivity contribution in [3.63, 3.8) is 0 Å². The fraction of sp³-hybridized carbons (Fsp3) is 0.500. The smallest absolute Gasteiger partial charge is 0.324 e. The summed E-state index contributed by atoms with van der Waals surface area (Å²) in [5, 5.41) is 13.4. The molecule has 4 nitrogen and oxygen atoms in total. The molecule has 1 aromatic rings. The zero-order chi connectivity index (χ0) is 14.0. The molecule has 1 atom stereocenters. The molecule has 0 saturated carbocycles. The Morgan fingerprint density at radius 1 is 1.42 bits per heavy atom. The second-order valence-corrected chi connectivity index (χ2v) is 5.82. The number of hydrogen-bond donors (Lipinski definition) is 2. The average molecular weight is 283 g/mol. The molecule has 2 N–H and O–H groups in total. The number of carbonyl (C=O) groups is 1. The van der Waals surface area contributed by atoms with Gasteiger partial charge in [-0.25, -0.2) is 0 Å². The molecule has 104 valence electrons. The van der Waals surface area contributed by atoms with E-state index in [1.165, 1.54) is 0 Å². The van der Waals surface area contributed by atoms with Gasteiger partial charge in [0.25, 0.3) is 0 Å². The van der Waals surface area contributed by atoms with Gasteiger partial charge in [0, 0.05) is 31.0 Å². The highest BCUT2D eigenvalue weighted by molar-refractivity contribution is 6.30. The maximum Gasteiger partial charge on any atom is 0.324 e. The normalized spacial score (nSPS) is 21.7. The van der Waals surface area contributed by atoms with Gasteiger partial charge in [-0.05, 0) is 37.4 Å². The molecule has 0 amide bonds. The van der Waals surface area contributed by atoms with Crippen LogP contribution in [-0.4, -0.2) is 48.7 Å². The van der Waals surface area contributed by atoms with Crippen LogP contribution in [0.25, 0.3) is 0 Å². The Morgan fingerprint density at radius 2 is 2.11 bits per heavy atom. The second-order valence-electron chi connectivity index (χ2n) is 5.38. The van der Waals surface area contributed by atoms with Crippen LogP contribution in [0.15, 0.2) is 18.2 Å². The highest BCUT2D eigenvalue weighted by Gasteiger charge is 2.43. The van der Waals surface area contributed by atoms with Crippen LogP contribution in [0.2, 0.25) is 5.02 Å². The monoisotopic (exact) mass is 282 g/mol. The number of carboxylic acids is 1. The summed E-state index contributed by atoms with van der Waals surface area (Å²) in [5.74, 6) is -0.793. The number of benzene rings is 1. The van der Waals surface area contributed by atoms with Crippen LogP contribution in [0.4, 0.5) is 0 Å². The fourth-order valence-electron chi connectivity index (χ4n) is 2.51. The topological polar surface area (TPSA) is 52.6 Å².